The summed E-state index contributed by atoms with van der Waals surface area (Å²) in [6.45, 7) is 9.77. The average Bonchev–Trinajstić information content (AvgIpc) is 3.83. The predicted molar refractivity (Wildman–Crippen MR) is 229 cm³/mol. The maximum atomic E-state index is 2.58. The third-order valence-electron chi connectivity index (χ3n) is 12.4. The molecule has 11 rings (SSSR count). The van der Waals surface area contributed by atoms with Crippen LogP contribution in [0, 0.1) is 0 Å². The van der Waals surface area contributed by atoms with E-state index in [0.717, 1.165) is 0 Å². The first kappa shape index (κ1) is 30.9. The standard InChI is InChI=1S/C50H40N2S/c1-49(2)25-26-50(3,4)41-30-44-39(29-40(41)49)47-43(24-23-38-35-17-8-10-19-42(35)52(48(38)47)33-14-6-5-7-15-33)51(44)34-16-12-13-31(27-34)32-21-22-37-36-18-9-11-20-45(36)53-46(37)28-32/h5-24,27-30H,25-26H2,1-4H3. The minimum Gasteiger partial charge on any atom is -0.309 e. The topological polar surface area (TPSA) is 9.86 Å². The van der Waals surface area contributed by atoms with E-state index in [1.165, 1.54) is 110 Å². The zero-order valence-electron chi connectivity index (χ0n) is 30.6. The Kier molecular flexibility index (Phi) is 6.39. The maximum absolute atomic E-state index is 2.58. The highest BCUT2D eigenvalue weighted by Crippen LogP contribution is 2.50. The van der Waals surface area contributed by atoms with Gasteiger partial charge < -0.3 is 9.13 Å². The Labute approximate surface area is 313 Å². The quantitative estimate of drug-likeness (QED) is 0.174. The van der Waals surface area contributed by atoms with Crippen molar-refractivity contribution in [2.75, 3.05) is 0 Å². The van der Waals surface area contributed by atoms with Gasteiger partial charge in [-0.05, 0) is 107 Å². The van der Waals surface area contributed by atoms with Gasteiger partial charge in [0.1, 0.15) is 0 Å². The van der Waals surface area contributed by atoms with Crippen LogP contribution in [0.25, 0.3) is 86.3 Å². The van der Waals surface area contributed by atoms with Crippen LogP contribution >= 0.6 is 11.3 Å². The van der Waals surface area contributed by atoms with Crippen LogP contribution in [0.2, 0.25) is 0 Å². The minimum absolute atomic E-state index is 0.0933. The molecule has 3 heteroatoms. The summed E-state index contributed by atoms with van der Waals surface area (Å²) in [4.78, 5) is 0. The molecule has 0 bridgehead atoms. The lowest BCUT2D eigenvalue weighted by Crippen LogP contribution is -2.33. The molecule has 0 atom stereocenters. The van der Waals surface area contributed by atoms with Crippen molar-refractivity contribution in [1.29, 1.82) is 0 Å². The summed E-state index contributed by atoms with van der Waals surface area (Å²) in [5, 5.41) is 7.89. The van der Waals surface area contributed by atoms with E-state index in [1.54, 1.807) is 0 Å². The van der Waals surface area contributed by atoms with Crippen LogP contribution in [0.5, 0.6) is 0 Å². The summed E-state index contributed by atoms with van der Waals surface area (Å²) in [6.07, 6.45) is 2.37. The molecule has 0 unspecified atom stereocenters. The molecule has 2 nitrogen and oxygen atoms in total. The molecule has 0 saturated heterocycles. The fourth-order valence-electron chi connectivity index (χ4n) is 9.47. The Hall–Kier alpha value is -5.64. The van der Waals surface area contributed by atoms with Crippen LogP contribution in [-0.4, -0.2) is 9.13 Å². The Balaban J connectivity index is 1.25. The van der Waals surface area contributed by atoms with Gasteiger partial charge in [-0.1, -0.05) is 113 Å². The van der Waals surface area contributed by atoms with Gasteiger partial charge in [0, 0.05) is 53.1 Å². The van der Waals surface area contributed by atoms with Gasteiger partial charge >= 0.3 is 0 Å². The molecule has 0 fully saturated rings. The lowest BCUT2D eigenvalue weighted by Gasteiger charge is -2.42. The molecule has 0 saturated carbocycles. The number of benzene rings is 7. The first-order valence-corrected chi connectivity index (χ1v) is 19.7. The molecule has 3 heterocycles. The smallest absolute Gasteiger partial charge is 0.0641 e. The van der Waals surface area contributed by atoms with Crippen molar-refractivity contribution in [3.63, 3.8) is 0 Å². The van der Waals surface area contributed by atoms with Crippen molar-refractivity contribution in [2.45, 2.75) is 51.4 Å². The Morgan fingerprint density at radius 3 is 1.92 bits per heavy atom. The van der Waals surface area contributed by atoms with E-state index in [-0.39, 0.29) is 10.8 Å². The molecule has 0 aliphatic heterocycles. The van der Waals surface area contributed by atoms with Gasteiger partial charge in [0.2, 0.25) is 0 Å². The second kappa shape index (κ2) is 10.9. The number of hydrogen-bond donors (Lipinski definition) is 0. The van der Waals surface area contributed by atoms with Gasteiger partial charge in [-0.25, -0.2) is 0 Å². The molecule has 256 valence electrons. The second-order valence-electron chi connectivity index (χ2n) is 16.4. The number of fused-ring (bicyclic) bond motifs is 11. The van der Waals surface area contributed by atoms with E-state index < -0.39 is 0 Å². The molecule has 53 heavy (non-hydrogen) atoms. The van der Waals surface area contributed by atoms with Crippen molar-refractivity contribution in [3.05, 3.63) is 157 Å². The van der Waals surface area contributed by atoms with Crippen LogP contribution in [0.3, 0.4) is 0 Å². The molecular weight excluding hydrogens is 661 g/mol. The molecule has 0 radical (unpaired) electrons. The molecule has 1 aliphatic carbocycles. The summed E-state index contributed by atoms with van der Waals surface area (Å²) in [5.41, 5.74) is 13.0. The molecule has 0 N–H and O–H groups in total. The number of nitrogens with zero attached hydrogens (tertiary/aromatic N) is 2. The normalized spacial score (nSPS) is 15.3. The number of para-hydroxylation sites is 2. The van der Waals surface area contributed by atoms with Crippen molar-refractivity contribution in [2.24, 2.45) is 0 Å². The van der Waals surface area contributed by atoms with Gasteiger partial charge in [0.15, 0.2) is 0 Å². The Bertz CT molecular complexity index is 3110. The highest BCUT2D eigenvalue weighted by atomic mass is 32.1. The zero-order valence-corrected chi connectivity index (χ0v) is 31.4. The van der Waals surface area contributed by atoms with Crippen LogP contribution in [0.15, 0.2) is 146 Å². The predicted octanol–water partition coefficient (Wildman–Crippen LogP) is 14.3. The Morgan fingerprint density at radius 1 is 0.434 bits per heavy atom. The van der Waals surface area contributed by atoms with Crippen molar-refractivity contribution < 1.29 is 0 Å². The molecule has 3 aromatic heterocycles. The first-order chi connectivity index (χ1) is 25.8. The number of hydrogen-bond acceptors (Lipinski definition) is 1. The SMILES string of the molecule is CC1(C)CCC(C)(C)c2cc3c(cc21)c1c(ccc2c4ccccc4n(-c4ccccc4)c21)n3-c1cccc(-c2ccc3c(c2)sc2ccccc23)c1. The van der Waals surface area contributed by atoms with Gasteiger partial charge in [-0.3, -0.25) is 0 Å². The van der Waals surface area contributed by atoms with E-state index in [1.807, 2.05) is 11.3 Å². The number of rotatable bonds is 3. The van der Waals surface area contributed by atoms with Crippen LogP contribution in [0.4, 0.5) is 0 Å². The minimum atomic E-state index is 0.0933. The lowest BCUT2D eigenvalue weighted by atomic mass is 9.63. The van der Waals surface area contributed by atoms with Gasteiger partial charge in [-0.2, -0.15) is 0 Å². The maximum Gasteiger partial charge on any atom is 0.0641 e. The van der Waals surface area contributed by atoms with Crippen LogP contribution in [0.1, 0.15) is 51.7 Å². The van der Waals surface area contributed by atoms with Crippen LogP contribution < -0.4 is 0 Å². The highest BCUT2D eigenvalue weighted by Gasteiger charge is 2.38. The largest absolute Gasteiger partial charge is 0.309 e. The van der Waals surface area contributed by atoms with Gasteiger partial charge in [-0.15, -0.1) is 11.3 Å². The van der Waals surface area contributed by atoms with Gasteiger partial charge in [0.25, 0.3) is 0 Å². The third kappa shape index (κ3) is 4.44. The monoisotopic (exact) mass is 700 g/mol. The lowest BCUT2D eigenvalue weighted by molar-refractivity contribution is 0.332. The van der Waals surface area contributed by atoms with E-state index in [4.69, 9.17) is 0 Å². The summed E-state index contributed by atoms with van der Waals surface area (Å²) in [7, 11) is 0. The second-order valence-corrected chi connectivity index (χ2v) is 17.5. The van der Waals surface area contributed by atoms with Gasteiger partial charge in [0.05, 0.1) is 22.1 Å². The van der Waals surface area contributed by atoms with E-state index in [9.17, 15) is 0 Å². The van der Waals surface area contributed by atoms with Crippen molar-refractivity contribution in [3.8, 4) is 22.5 Å². The third-order valence-corrected chi connectivity index (χ3v) is 13.5. The molecule has 1 aliphatic rings. The molecular formula is C50H40N2S. The summed E-state index contributed by atoms with van der Waals surface area (Å²) in [6, 6.07) is 54.7. The molecule has 0 amide bonds. The van der Waals surface area contributed by atoms with Crippen molar-refractivity contribution >= 4 is 75.1 Å². The van der Waals surface area contributed by atoms with Crippen molar-refractivity contribution in [1.82, 2.24) is 9.13 Å². The summed E-state index contributed by atoms with van der Waals surface area (Å²) >= 11 is 1.88. The summed E-state index contributed by atoms with van der Waals surface area (Å²) in [5.74, 6) is 0. The van der Waals surface area contributed by atoms with E-state index >= 15 is 0 Å². The average molecular weight is 701 g/mol. The van der Waals surface area contributed by atoms with E-state index in [2.05, 4.69) is 182 Å². The molecule has 0 spiro atoms. The number of thiophene rings is 1. The zero-order chi connectivity index (χ0) is 35.6. The first-order valence-electron chi connectivity index (χ1n) is 18.9. The van der Waals surface area contributed by atoms with E-state index in [0.29, 0.717) is 0 Å². The molecule has 7 aromatic carbocycles. The fraction of sp³-hybridized carbons (Fsp3) is 0.160. The number of aromatic nitrogens is 2. The summed E-state index contributed by atoms with van der Waals surface area (Å²) < 4.78 is 7.73. The fourth-order valence-corrected chi connectivity index (χ4v) is 10.6. The highest BCUT2D eigenvalue weighted by molar-refractivity contribution is 7.25. The van der Waals surface area contributed by atoms with Crippen LogP contribution in [-0.2, 0) is 10.8 Å². The Morgan fingerprint density at radius 2 is 1.09 bits per heavy atom. The molecule has 10 aromatic rings.